The molecule has 0 radical (unpaired) electrons. The SMILES string of the molecule is NC/C=C/CN1CC2(CCCCCC2)C1. The lowest BCUT2D eigenvalue weighted by Crippen LogP contribution is -2.55. The third kappa shape index (κ3) is 2.82. The van der Waals surface area contributed by atoms with Gasteiger partial charge in [0.1, 0.15) is 0 Å². The molecule has 1 spiro atoms. The molecule has 1 saturated carbocycles. The molecule has 0 atom stereocenters. The zero-order chi connectivity index (χ0) is 10.6. The predicted molar refractivity (Wildman–Crippen MR) is 64.8 cm³/mol. The molecular formula is C13H24N2. The maximum absolute atomic E-state index is 5.43. The predicted octanol–water partition coefficient (Wildman–Crippen LogP) is 2.16. The molecule has 86 valence electrons. The van der Waals surface area contributed by atoms with Crippen molar-refractivity contribution in [3.63, 3.8) is 0 Å². The summed E-state index contributed by atoms with van der Waals surface area (Å²) in [6.07, 6.45) is 13.1. The van der Waals surface area contributed by atoms with Crippen LogP contribution in [0.15, 0.2) is 12.2 Å². The first-order chi connectivity index (χ1) is 7.35. The van der Waals surface area contributed by atoms with Gasteiger partial charge >= 0.3 is 0 Å². The minimum Gasteiger partial charge on any atom is -0.327 e. The summed E-state index contributed by atoms with van der Waals surface area (Å²) in [6.45, 7) is 4.46. The van der Waals surface area contributed by atoms with Crippen LogP contribution in [0.4, 0.5) is 0 Å². The van der Waals surface area contributed by atoms with Gasteiger partial charge in [-0.3, -0.25) is 4.90 Å². The first-order valence-corrected chi connectivity index (χ1v) is 6.42. The van der Waals surface area contributed by atoms with Crippen molar-refractivity contribution in [3.05, 3.63) is 12.2 Å². The standard InChI is InChI=1S/C13H24N2/c14-9-5-6-10-15-11-13(12-15)7-3-1-2-4-8-13/h5-6H,1-4,7-12,14H2/b6-5+. The van der Waals surface area contributed by atoms with Gasteiger partial charge in [0.05, 0.1) is 0 Å². The van der Waals surface area contributed by atoms with E-state index in [1.54, 1.807) is 0 Å². The molecule has 2 aliphatic rings. The Morgan fingerprint density at radius 1 is 1.00 bits per heavy atom. The lowest BCUT2D eigenvalue weighted by Gasteiger charge is -2.50. The summed E-state index contributed by atoms with van der Waals surface area (Å²) < 4.78 is 0. The lowest BCUT2D eigenvalue weighted by molar-refractivity contribution is -0.00282. The second-order valence-corrected chi connectivity index (χ2v) is 5.29. The average Bonchev–Trinajstić information content (AvgIpc) is 2.42. The van der Waals surface area contributed by atoms with Gasteiger partial charge in [0.2, 0.25) is 0 Å². The molecule has 2 rings (SSSR count). The van der Waals surface area contributed by atoms with E-state index in [0.29, 0.717) is 12.0 Å². The van der Waals surface area contributed by atoms with E-state index in [-0.39, 0.29) is 0 Å². The van der Waals surface area contributed by atoms with Crippen molar-refractivity contribution < 1.29 is 0 Å². The van der Waals surface area contributed by atoms with E-state index < -0.39 is 0 Å². The largest absolute Gasteiger partial charge is 0.327 e. The molecule has 1 aliphatic heterocycles. The fourth-order valence-electron chi connectivity index (χ4n) is 3.15. The minimum absolute atomic E-state index is 0.680. The van der Waals surface area contributed by atoms with Gasteiger partial charge in [0.15, 0.2) is 0 Å². The Balaban J connectivity index is 1.72. The van der Waals surface area contributed by atoms with E-state index in [1.165, 1.54) is 51.6 Å². The Labute approximate surface area is 93.5 Å². The van der Waals surface area contributed by atoms with Crippen LogP contribution < -0.4 is 5.73 Å². The van der Waals surface area contributed by atoms with Crippen LogP contribution in [-0.2, 0) is 0 Å². The summed E-state index contributed by atoms with van der Waals surface area (Å²) in [5, 5.41) is 0. The minimum atomic E-state index is 0.680. The zero-order valence-electron chi connectivity index (χ0n) is 9.75. The van der Waals surface area contributed by atoms with Crippen molar-refractivity contribution in [1.82, 2.24) is 4.90 Å². The summed E-state index contributed by atoms with van der Waals surface area (Å²) in [5.41, 5.74) is 6.14. The summed E-state index contributed by atoms with van der Waals surface area (Å²) in [6, 6.07) is 0. The molecule has 0 bridgehead atoms. The normalized spacial score (nSPS) is 26.7. The van der Waals surface area contributed by atoms with Crippen LogP contribution in [0.2, 0.25) is 0 Å². The first kappa shape index (κ1) is 11.2. The Hall–Kier alpha value is -0.340. The van der Waals surface area contributed by atoms with Crippen molar-refractivity contribution in [2.45, 2.75) is 38.5 Å². The maximum atomic E-state index is 5.43. The molecule has 1 heterocycles. The van der Waals surface area contributed by atoms with Crippen LogP contribution in [0.3, 0.4) is 0 Å². The fraction of sp³-hybridized carbons (Fsp3) is 0.846. The molecule has 2 heteroatoms. The van der Waals surface area contributed by atoms with Gasteiger partial charge in [0, 0.05) is 26.2 Å². The molecule has 1 saturated heterocycles. The van der Waals surface area contributed by atoms with Crippen molar-refractivity contribution in [3.8, 4) is 0 Å². The van der Waals surface area contributed by atoms with Gasteiger partial charge < -0.3 is 5.73 Å². The van der Waals surface area contributed by atoms with E-state index in [4.69, 9.17) is 5.73 Å². The van der Waals surface area contributed by atoms with Crippen LogP contribution in [-0.4, -0.2) is 31.1 Å². The lowest BCUT2D eigenvalue weighted by atomic mass is 9.73. The van der Waals surface area contributed by atoms with Crippen molar-refractivity contribution >= 4 is 0 Å². The number of nitrogens with two attached hydrogens (primary N) is 1. The second kappa shape index (κ2) is 5.13. The van der Waals surface area contributed by atoms with E-state index in [1.807, 2.05) is 0 Å². The highest BCUT2D eigenvalue weighted by Gasteiger charge is 2.41. The number of hydrogen-bond acceptors (Lipinski definition) is 2. The van der Waals surface area contributed by atoms with Crippen LogP contribution in [0.1, 0.15) is 38.5 Å². The van der Waals surface area contributed by atoms with Gasteiger partial charge in [-0.25, -0.2) is 0 Å². The summed E-state index contributed by atoms with van der Waals surface area (Å²) in [5.74, 6) is 0. The zero-order valence-corrected chi connectivity index (χ0v) is 9.75. The van der Waals surface area contributed by atoms with E-state index in [0.717, 1.165) is 6.54 Å². The molecule has 0 aromatic rings. The number of rotatable bonds is 3. The monoisotopic (exact) mass is 208 g/mol. The molecule has 1 aliphatic carbocycles. The summed E-state index contributed by atoms with van der Waals surface area (Å²) in [7, 11) is 0. The second-order valence-electron chi connectivity index (χ2n) is 5.29. The molecule has 0 amide bonds. The molecule has 2 N–H and O–H groups in total. The number of nitrogens with zero attached hydrogens (tertiary/aromatic N) is 1. The van der Waals surface area contributed by atoms with Gasteiger partial charge in [-0.05, 0) is 18.3 Å². The third-order valence-corrected chi connectivity index (χ3v) is 3.95. The topological polar surface area (TPSA) is 29.3 Å². The molecule has 0 aromatic carbocycles. The van der Waals surface area contributed by atoms with Crippen LogP contribution >= 0.6 is 0 Å². The number of hydrogen-bond donors (Lipinski definition) is 1. The van der Waals surface area contributed by atoms with Gasteiger partial charge in [-0.15, -0.1) is 0 Å². The van der Waals surface area contributed by atoms with Crippen LogP contribution in [0.5, 0.6) is 0 Å². The highest BCUT2D eigenvalue weighted by atomic mass is 15.2. The highest BCUT2D eigenvalue weighted by molar-refractivity contribution is 4.98. The van der Waals surface area contributed by atoms with Crippen LogP contribution in [0, 0.1) is 5.41 Å². The van der Waals surface area contributed by atoms with Crippen molar-refractivity contribution in [2.24, 2.45) is 11.1 Å². The van der Waals surface area contributed by atoms with E-state index in [2.05, 4.69) is 17.1 Å². The summed E-state index contributed by atoms with van der Waals surface area (Å²) >= 11 is 0. The van der Waals surface area contributed by atoms with Crippen LogP contribution in [0.25, 0.3) is 0 Å². The van der Waals surface area contributed by atoms with Gasteiger partial charge in [0.25, 0.3) is 0 Å². The fourth-order valence-corrected chi connectivity index (χ4v) is 3.15. The van der Waals surface area contributed by atoms with E-state index in [9.17, 15) is 0 Å². The Morgan fingerprint density at radius 3 is 2.27 bits per heavy atom. The molecule has 2 fully saturated rings. The molecule has 0 unspecified atom stereocenters. The van der Waals surface area contributed by atoms with Gasteiger partial charge in [-0.1, -0.05) is 37.8 Å². The highest BCUT2D eigenvalue weighted by Crippen LogP contribution is 2.42. The quantitative estimate of drug-likeness (QED) is 0.720. The van der Waals surface area contributed by atoms with E-state index >= 15 is 0 Å². The first-order valence-electron chi connectivity index (χ1n) is 6.42. The molecular weight excluding hydrogens is 184 g/mol. The Morgan fingerprint density at radius 2 is 1.67 bits per heavy atom. The molecule has 0 aromatic heterocycles. The maximum Gasteiger partial charge on any atom is 0.0164 e. The number of likely N-dealkylation sites (tertiary alicyclic amines) is 1. The Kier molecular flexibility index (Phi) is 3.81. The third-order valence-electron chi connectivity index (χ3n) is 3.95. The Bertz CT molecular complexity index is 207. The summed E-state index contributed by atoms with van der Waals surface area (Å²) in [4.78, 5) is 2.55. The smallest absolute Gasteiger partial charge is 0.0164 e. The molecule has 15 heavy (non-hydrogen) atoms. The van der Waals surface area contributed by atoms with Crippen molar-refractivity contribution in [1.29, 1.82) is 0 Å². The average molecular weight is 208 g/mol. The van der Waals surface area contributed by atoms with Gasteiger partial charge in [-0.2, -0.15) is 0 Å². The molecule has 2 nitrogen and oxygen atoms in total. The van der Waals surface area contributed by atoms with Crippen molar-refractivity contribution in [2.75, 3.05) is 26.2 Å².